The summed E-state index contributed by atoms with van der Waals surface area (Å²) in [5.74, 6) is -3.72. The van der Waals surface area contributed by atoms with Crippen LogP contribution in [0.3, 0.4) is 0 Å². The van der Waals surface area contributed by atoms with E-state index in [1.165, 1.54) is 12.1 Å². The molecule has 0 fully saturated rings. The van der Waals surface area contributed by atoms with Gasteiger partial charge in [-0.1, -0.05) is 34.7 Å². The van der Waals surface area contributed by atoms with Crippen molar-refractivity contribution < 1.29 is 45.6 Å². The van der Waals surface area contributed by atoms with Gasteiger partial charge in [0.15, 0.2) is 0 Å². The third-order valence-corrected chi connectivity index (χ3v) is 3.80. The van der Waals surface area contributed by atoms with E-state index in [1.54, 1.807) is 18.2 Å². The van der Waals surface area contributed by atoms with Gasteiger partial charge in [0.25, 0.3) is 15.7 Å². The van der Waals surface area contributed by atoms with E-state index in [0.29, 0.717) is 11.8 Å². The van der Waals surface area contributed by atoms with Gasteiger partial charge in [-0.15, -0.1) is 0 Å². The first-order valence-electron chi connectivity index (χ1n) is 6.79. The van der Waals surface area contributed by atoms with Gasteiger partial charge in [0.05, 0.1) is 12.9 Å². The summed E-state index contributed by atoms with van der Waals surface area (Å²) in [6.07, 6.45) is -2.03. The van der Waals surface area contributed by atoms with Crippen molar-refractivity contribution in [2.45, 2.75) is 18.3 Å². The molecule has 1 aromatic carbocycles. The molecule has 0 bridgehead atoms. The highest BCUT2D eigenvalue weighted by Gasteiger charge is 2.58. The molecule has 1 aromatic rings. The van der Waals surface area contributed by atoms with Crippen LogP contribution in [0.1, 0.15) is 5.56 Å². The lowest BCUT2D eigenvalue weighted by Crippen LogP contribution is -2.60. The second kappa shape index (κ2) is 8.95. The van der Waals surface area contributed by atoms with Crippen LogP contribution in [0.25, 0.3) is 0 Å². The molecule has 0 spiro atoms. The third kappa shape index (κ3) is 5.67. The molecule has 0 heterocycles. The lowest BCUT2D eigenvalue weighted by molar-refractivity contribution is -0.180. The smallest absolute Gasteiger partial charge is 0.353 e. The number of rotatable bonds is 8. The van der Waals surface area contributed by atoms with Crippen LogP contribution in [0, 0.1) is 0 Å². The molecular formula is C13H15NO10S2. The summed E-state index contributed by atoms with van der Waals surface area (Å²) in [4.78, 5) is 24.5. The number of carbonyl (C=O) groups is 2. The Morgan fingerprint density at radius 1 is 1.27 bits per heavy atom. The summed E-state index contributed by atoms with van der Waals surface area (Å²) >= 11 is 0. The number of carbonyl (C=O) groups excluding carboxylic acids is 2. The minimum Gasteiger partial charge on any atom is -0.458 e. The summed E-state index contributed by atoms with van der Waals surface area (Å²) in [7, 11) is -7.99. The molecule has 0 radical (unpaired) electrons. The van der Waals surface area contributed by atoms with Gasteiger partial charge in [-0.25, -0.2) is 8.98 Å². The number of esters is 1. The molecule has 144 valence electrons. The van der Waals surface area contributed by atoms with Crippen LogP contribution in [-0.4, -0.2) is 63.5 Å². The first-order chi connectivity index (χ1) is 12.0. The topological polar surface area (TPSA) is 174 Å². The van der Waals surface area contributed by atoms with Crippen LogP contribution in [0.2, 0.25) is 0 Å². The second-order valence-electron chi connectivity index (χ2n) is 4.90. The lowest BCUT2D eigenvalue weighted by Gasteiger charge is -2.29. The number of amides is 1. The number of aliphatic hydroxyl groups is 2. The van der Waals surface area contributed by atoms with Crippen LogP contribution in [-0.2, 0) is 45.7 Å². The molecule has 13 heteroatoms. The van der Waals surface area contributed by atoms with Gasteiger partial charge in [0.1, 0.15) is 12.7 Å². The van der Waals surface area contributed by atoms with Crippen molar-refractivity contribution in [1.29, 1.82) is 0 Å². The molecule has 0 unspecified atom stereocenters. The quantitative estimate of drug-likeness (QED) is 0.289. The minimum absolute atomic E-state index is 0.435. The van der Waals surface area contributed by atoms with Gasteiger partial charge < -0.3 is 14.9 Å². The molecular weight excluding hydrogens is 394 g/mol. The number of hydrogen-bond donors (Lipinski definition) is 2. The Labute approximate surface area is 150 Å². The average Bonchev–Trinajstić information content (AvgIpc) is 2.56. The van der Waals surface area contributed by atoms with E-state index in [-0.39, 0.29) is 0 Å². The predicted octanol–water partition coefficient (Wildman–Crippen LogP) is -1.61. The molecule has 0 aliphatic carbocycles. The normalized spacial score (nSPS) is 14.7. The molecule has 0 aliphatic rings. The Morgan fingerprint density at radius 3 is 2.31 bits per heavy atom. The van der Waals surface area contributed by atoms with Gasteiger partial charge in [0, 0.05) is 0 Å². The number of benzene rings is 1. The summed E-state index contributed by atoms with van der Waals surface area (Å²) in [5, 5.41) is 19.0. The van der Waals surface area contributed by atoms with Crippen molar-refractivity contribution in [1.82, 2.24) is 0 Å². The zero-order chi connectivity index (χ0) is 20.0. The third-order valence-electron chi connectivity index (χ3n) is 2.92. The fourth-order valence-corrected chi connectivity index (χ4v) is 2.82. The number of aliphatic hydroxyl groups excluding tert-OH is 2. The highest BCUT2D eigenvalue weighted by atomic mass is 32.2. The summed E-state index contributed by atoms with van der Waals surface area (Å²) in [5.41, 5.74) is -2.98. The maximum atomic E-state index is 12.4. The van der Waals surface area contributed by atoms with E-state index in [4.69, 9.17) is 9.84 Å². The minimum atomic E-state index is -4.60. The van der Waals surface area contributed by atoms with Crippen molar-refractivity contribution in [3.8, 4) is 0 Å². The SMILES string of the molecule is CS(=O)(=O)O[C@@](C(=O)N=S(=O)=O)(C(=O)OCc1ccccc1)[C@H](O)CO. The first-order valence-corrected chi connectivity index (χ1v) is 9.64. The van der Waals surface area contributed by atoms with E-state index < -0.39 is 57.4 Å². The molecule has 0 aromatic heterocycles. The molecule has 0 saturated carbocycles. The second-order valence-corrected chi connectivity index (χ2v) is 7.09. The standard InChI is InChI=1S/C13H15NO10S2/c1-26(21,22)24-13(10(16)7-15,11(17)14-25(19)20)12(18)23-8-9-5-3-2-4-6-9/h2-6,10,15-16H,7-8H2,1H3/t10-,13+/m1/s1. The van der Waals surface area contributed by atoms with Crippen LogP contribution in [0.4, 0.5) is 0 Å². The summed E-state index contributed by atoms with van der Waals surface area (Å²) < 4.78 is 55.9. The maximum Gasteiger partial charge on any atom is 0.353 e. The van der Waals surface area contributed by atoms with Crippen LogP contribution in [0.15, 0.2) is 34.7 Å². The number of hydrogen-bond acceptors (Lipinski definition) is 10. The lowest BCUT2D eigenvalue weighted by atomic mass is 9.96. The zero-order valence-corrected chi connectivity index (χ0v) is 14.9. The molecule has 1 rings (SSSR count). The molecule has 0 saturated heterocycles. The Morgan fingerprint density at radius 2 is 1.85 bits per heavy atom. The van der Waals surface area contributed by atoms with E-state index >= 15 is 0 Å². The molecule has 2 atom stereocenters. The monoisotopic (exact) mass is 409 g/mol. The van der Waals surface area contributed by atoms with Gasteiger partial charge >= 0.3 is 22.4 Å². The van der Waals surface area contributed by atoms with E-state index in [9.17, 15) is 31.5 Å². The van der Waals surface area contributed by atoms with Crippen molar-refractivity contribution in [2.24, 2.45) is 4.36 Å². The van der Waals surface area contributed by atoms with Gasteiger partial charge in [-0.3, -0.25) is 4.79 Å². The van der Waals surface area contributed by atoms with Crippen LogP contribution in [0.5, 0.6) is 0 Å². The first kappa shape index (κ1) is 21.9. The molecule has 2 N–H and O–H groups in total. The Balaban J connectivity index is 3.36. The highest BCUT2D eigenvalue weighted by Crippen LogP contribution is 2.24. The molecule has 1 amide bonds. The molecule has 0 aliphatic heterocycles. The van der Waals surface area contributed by atoms with Crippen molar-refractivity contribution in [3.05, 3.63) is 35.9 Å². The van der Waals surface area contributed by atoms with Crippen molar-refractivity contribution in [2.75, 3.05) is 12.9 Å². The number of nitrogens with zero attached hydrogens (tertiary/aromatic N) is 1. The van der Waals surface area contributed by atoms with Gasteiger partial charge in [-0.05, 0) is 5.56 Å². The average molecular weight is 409 g/mol. The highest BCUT2D eigenvalue weighted by molar-refractivity contribution is 7.86. The molecule has 11 nitrogen and oxygen atoms in total. The van der Waals surface area contributed by atoms with E-state index in [0.717, 1.165) is 0 Å². The van der Waals surface area contributed by atoms with Gasteiger partial charge in [-0.2, -0.15) is 16.8 Å². The fourth-order valence-electron chi connectivity index (χ4n) is 1.82. The van der Waals surface area contributed by atoms with Crippen LogP contribution < -0.4 is 0 Å². The Kier molecular flexibility index (Phi) is 7.53. The van der Waals surface area contributed by atoms with Crippen molar-refractivity contribution in [3.63, 3.8) is 0 Å². The van der Waals surface area contributed by atoms with Crippen LogP contribution >= 0.6 is 0 Å². The largest absolute Gasteiger partial charge is 0.458 e. The molecule has 26 heavy (non-hydrogen) atoms. The summed E-state index contributed by atoms with van der Waals surface area (Å²) in [6, 6.07) is 7.95. The number of ether oxygens (including phenoxy) is 1. The van der Waals surface area contributed by atoms with E-state index in [2.05, 4.69) is 8.55 Å². The predicted molar refractivity (Wildman–Crippen MR) is 84.3 cm³/mol. The van der Waals surface area contributed by atoms with Crippen molar-refractivity contribution >= 4 is 32.5 Å². The van der Waals surface area contributed by atoms with Gasteiger partial charge in [0.2, 0.25) is 0 Å². The van der Waals surface area contributed by atoms with E-state index in [1.807, 2.05) is 0 Å². The fraction of sp³-hybridized carbons (Fsp3) is 0.385. The zero-order valence-electron chi connectivity index (χ0n) is 13.3. The Hall–Kier alpha value is -2.19. The Bertz CT molecular complexity index is 886. The summed E-state index contributed by atoms with van der Waals surface area (Å²) in [6.45, 7) is -1.79. The maximum absolute atomic E-state index is 12.4.